The van der Waals surface area contributed by atoms with Crippen LogP contribution in [0.15, 0.2) is 12.4 Å². The predicted molar refractivity (Wildman–Crippen MR) is 36.2 cm³/mol. The van der Waals surface area contributed by atoms with Crippen LogP contribution in [0.3, 0.4) is 0 Å². The van der Waals surface area contributed by atoms with Crippen LogP contribution >= 0.6 is 0 Å². The lowest BCUT2D eigenvalue weighted by molar-refractivity contribution is 0.606. The highest BCUT2D eigenvalue weighted by atomic mass is 19.1. The first-order valence-corrected chi connectivity index (χ1v) is 3.49. The molecule has 2 heteroatoms. The van der Waals surface area contributed by atoms with Crippen molar-refractivity contribution in [2.24, 2.45) is 0 Å². The number of aryl methyl sites for hydroxylation is 1. The Balaban J connectivity index is 2.59. The van der Waals surface area contributed by atoms with E-state index in [1.54, 1.807) is 6.20 Å². The second-order valence-electron chi connectivity index (χ2n) is 2.61. The normalized spacial score (nSPS) is 15.3. The van der Waals surface area contributed by atoms with Crippen LogP contribution in [0.25, 0.3) is 0 Å². The van der Waals surface area contributed by atoms with Gasteiger partial charge in [-0.05, 0) is 30.4 Å². The van der Waals surface area contributed by atoms with Crippen molar-refractivity contribution in [1.82, 2.24) is 4.98 Å². The Kier molecular flexibility index (Phi) is 1.19. The molecular weight excluding hydrogens is 129 g/mol. The molecule has 1 nitrogen and oxygen atoms in total. The summed E-state index contributed by atoms with van der Waals surface area (Å²) in [7, 11) is 0. The number of fused-ring (bicyclic) bond motifs is 1. The standard InChI is InChI=1S/C8H8FN/c9-8-5-10-4-6-2-1-3-7(6)8/h4-5H,1-3H2. The third-order valence-corrected chi connectivity index (χ3v) is 1.97. The van der Waals surface area contributed by atoms with E-state index in [-0.39, 0.29) is 5.82 Å². The Morgan fingerprint density at radius 1 is 1.30 bits per heavy atom. The van der Waals surface area contributed by atoms with Gasteiger partial charge in [0.1, 0.15) is 5.82 Å². The highest BCUT2D eigenvalue weighted by Crippen LogP contribution is 2.22. The maximum Gasteiger partial charge on any atom is 0.144 e. The number of halogens is 1. The minimum Gasteiger partial charge on any atom is -0.261 e. The smallest absolute Gasteiger partial charge is 0.144 e. The largest absolute Gasteiger partial charge is 0.261 e. The van der Waals surface area contributed by atoms with E-state index in [0.29, 0.717) is 0 Å². The third kappa shape index (κ3) is 0.719. The molecule has 0 fully saturated rings. The Bertz CT molecular complexity index is 257. The second kappa shape index (κ2) is 2.04. The maximum absolute atomic E-state index is 12.8. The third-order valence-electron chi connectivity index (χ3n) is 1.97. The van der Waals surface area contributed by atoms with Gasteiger partial charge in [0.05, 0.1) is 6.20 Å². The van der Waals surface area contributed by atoms with Crippen molar-refractivity contribution in [2.45, 2.75) is 19.3 Å². The molecule has 1 aromatic rings. The molecule has 0 saturated heterocycles. The Hall–Kier alpha value is -0.920. The molecule has 0 amide bonds. The molecule has 52 valence electrons. The van der Waals surface area contributed by atoms with Crippen LogP contribution in [0.1, 0.15) is 17.5 Å². The van der Waals surface area contributed by atoms with Gasteiger partial charge in [-0.1, -0.05) is 0 Å². The van der Waals surface area contributed by atoms with Crippen LogP contribution < -0.4 is 0 Å². The molecule has 0 N–H and O–H groups in total. The number of hydrogen-bond acceptors (Lipinski definition) is 1. The van der Waals surface area contributed by atoms with Crippen molar-refractivity contribution in [2.75, 3.05) is 0 Å². The van der Waals surface area contributed by atoms with Crippen molar-refractivity contribution in [3.63, 3.8) is 0 Å². The minimum atomic E-state index is -0.130. The van der Waals surface area contributed by atoms with E-state index >= 15 is 0 Å². The topological polar surface area (TPSA) is 12.9 Å². The first-order chi connectivity index (χ1) is 4.88. The molecule has 10 heavy (non-hydrogen) atoms. The zero-order valence-corrected chi connectivity index (χ0v) is 5.60. The summed E-state index contributed by atoms with van der Waals surface area (Å²) in [4.78, 5) is 3.78. The Morgan fingerprint density at radius 3 is 3.00 bits per heavy atom. The van der Waals surface area contributed by atoms with Crippen LogP contribution in [0.4, 0.5) is 4.39 Å². The molecule has 0 aromatic carbocycles. The lowest BCUT2D eigenvalue weighted by Crippen LogP contribution is -1.89. The maximum atomic E-state index is 12.8. The van der Waals surface area contributed by atoms with E-state index in [0.717, 1.165) is 30.4 Å². The lowest BCUT2D eigenvalue weighted by Gasteiger charge is -1.96. The molecule has 0 saturated carbocycles. The van der Waals surface area contributed by atoms with Gasteiger partial charge in [-0.3, -0.25) is 4.98 Å². The van der Waals surface area contributed by atoms with Gasteiger partial charge in [-0.25, -0.2) is 4.39 Å². The lowest BCUT2D eigenvalue weighted by atomic mass is 10.2. The number of aromatic nitrogens is 1. The van der Waals surface area contributed by atoms with Crippen molar-refractivity contribution in [1.29, 1.82) is 0 Å². The van der Waals surface area contributed by atoms with Gasteiger partial charge in [0.15, 0.2) is 0 Å². The van der Waals surface area contributed by atoms with E-state index in [1.807, 2.05) is 0 Å². The molecule has 0 atom stereocenters. The first-order valence-electron chi connectivity index (χ1n) is 3.49. The van der Waals surface area contributed by atoms with Gasteiger partial charge in [-0.2, -0.15) is 0 Å². The van der Waals surface area contributed by atoms with Gasteiger partial charge >= 0.3 is 0 Å². The molecule has 0 spiro atoms. The second-order valence-corrected chi connectivity index (χ2v) is 2.61. The number of hydrogen-bond donors (Lipinski definition) is 0. The van der Waals surface area contributed by atoms with Crippen molar-refractivity contribution < 1.29 is 4.39 Å². The summed E-state index contributed by atoms with van der Waals surface area (Å²) in [5, 5.41) is 0. The monoisotopic (exact) mass is 137 g/mol. The zero-order chi connectivity index (χ0) is 6.97. The summed E-state index contributed by atoms with van der Waals surface area (Å²) in [6.07, 6.45) is 6.04. The molecule has 1 heterocycles. The fraction of sp³-hybridized carbons (Fsp3) is 0.375. The summed E-state index contributed by atoms with van der Waals surface area (Å²) >= 11 is 0. The average Bonchev–Trinajstić information content (AvgIpc) is 2.36. The van der Waals surface area contributed by atoms with E-state index in [9.17, 15) is 4.39 Å². The van der Waals surface area contributed by atoms with Crippen LogP contribution in [-0.2, 0) is 12.8 Å². The van der Waals surface area contributed by atoms with Gasteiger partial charge in [0.25, 0.3) is 0 Å². The molecule has 0 aliphatic heterocycles. The fourth-order valence-electron chi connectivity index (χ4n) is 1.45. The molecule has 1 aromatic heterocycles. The van der Waals surface area contributed by atoms with Crippen LogP contribution in [0, 0.1) is 5.82 Å². The molecule has 1 aliphatic carbocycles. The van der Waals surface area contributed by atoms with Crippen molar-refractivity contribution >= 4 is 0 Å². The Labute approximate surface area is 58.9 Å². The SMILES string of the molecule is Fc1cncc2c1CCC2. The number of rotatable bonds is 0. The first kappa shape index (κ1) is 5.83. The van der Waals surface area contributed by atoms with E-state index in [4.69, 9.17) is 0 Å². The van der Waals surface area contributed by atoms with Crippen LogP contribution in [0.5, 0.6) is 0 Å². The predicted octanol–water partition coefficient (Wildman–Crippen LogP) is 1.71. The Morgan fingerprint density at radius 2 is 2.20 bits per heavy atom. The summed E-state index contributed by atoms with van der Waals surface area (Å²) in [6, 6.07) is 0. The molecular formula is C8H8FN. The molecule has 1 aliphatic rings. The van der Waals surface area contributed by atoms with Crippen molar-refractivity contribution in [3.8, 4) is 0 Å². The van der Waals surface area contributed by atoms with E-state index < -0.39 is 0 Å². The highest BCUT2D eigenvalue weighted by molar-refractivity contribution is 5.28. The highest BCUT2D eigenvalue weighted by Gasteiger charge is 2.14. The molecule has 2 rings (SSSR count). The van der Waals surface area contributed by atoms with Crippen LogP contribution in [-0.4, -0.2) is 4.98 Å². The summed E-state index contributed by atoms with van der Waals surface area (Å²) in [5.41, 5.74) is 1.98. The van der Waals surface area contributed by atoms with E-state index in [1.165, 1.54) is 6.20 Å². The van der Waals surface area contributed by atoms with E-state index in [2.05, 4.69) is 4.98 Å². The molecule has 0 unspecified atom stereocenters. The molecule has 0 bridgehead atoms. The van der Waals surface area contributed by atoms with Gasteiger partial charge < -0.3 is 0 Å². The summed E-state index contributed by atoms with van der Waals surface area (Å²) < 4.78 is 12.8. The molecule has 0 radical (unpaired) electrons. The quantitative estimate of drug-likeness (QED) is 0.530. The number of nitrogens with zero attached hydrogens (tertiary/aromatic N) is 1. The van der Waals surface area contributed by atoms with Crippen LogP contribution in [0.2, 0.25) is 0 Å². The van der Waals surface area contributed by atoms with Crippen molar-refractivity contribution in [3.05, 3.63) is 29.3 Å². The van der Waals surface area contributed by atoms with Gasteiger partial charge in [0, 0.05) is 6.20 Å². The number of pyridine rings is 1. The zero-order valence-electron chi connectivity index (χ0n) is 5.60. The average molecular weight is 137 g/mol. The van der Waals surface area contributed by atoms with Gasteiger partial charge in [-0.15, -0.1) is 0 Å². The summed E-state index contributed by atoms with van der Waals surface area (Å²) in [5.74, 6) is -0.130. The fourth-order valence-corrected chi connectivity index (χ4v) is 1.45. The summed E-state index contributed by atoms with van der Waals surface area (Å²) in [6.45, 7) is 0. The van der Waals surface area contributed by atoms with Gasteiger partial charge in [0.2, 0.25) is 0 Å². The minimum absolute atomic E-state index is 0.130.